The fourth-order valence-electron chi connectivity index (χ4n) is 2.31. The van der Waals surface area contributed by atoms with E-state index in [9.17, 15) is 9.59 Å². The molecule has 0 saturated carbocycles. The van der Waals surface area contributed by atoms with Crippen LogP contribution in [0.4, 0.5) is 0 Å². The number of hydrogen-bond donors (Lipinski definition) is 1. The summed E-state index contributed by atoms with van der Waals surface area (Å²) in [5.41, 5.74) is 1.76. The zero-order valence-electron chi connectivity index (χ0n) is 10.4. The molecule has 1 unspecified atom stereocenters. The van der Waals surface area contributed by atoms with Crippen LogP contribution in [-0.4, -0.2) is 40.9 Å². The van der Waals surface area contributed by atoms with Gasteiger partial charge in [0, 0.05) is 5.56 Å². The molecule has 0 aromatic heterocycles. The largest absolute Gasteiger partial charge is 0.480 e. The molecule has 2 rings (SSSR count). The average Bonchev–Trinajstić information content (AvgIpc) is 2.78. The van der Waals surface area contributed by atoms with Crippen molar-refractivity contribution in [2.45, 2.75) is 25.8 Å². The molecular formula is C14H17NO3. The number of carbonyl (C=O) groups is 2. The van der Waals surface area contributed by atoms with E-state index in [-0.39, 0.29) is 12.3 Å². The molecular weight excluding hydrogens is 230 g/mol. The van der Waals surface area contributed by atoms with Gasteiger partial charge in [-0.2, -0.15) is 0 Å². The van der Waals surface area contributed by atoms with Crippen LogP contribution < -0.4 is 0 Å². The monoisotopic (exact) mass is 247 g/mol. The van der Waals surface area contributed by atoms with Crippen LogP contribution in [0.2, 0.25) is 0 Å². The molecule has 1 aromatic rings. The lowest BCUT2D eigenvalue weighted by Crippen LogP contribution is -2.39. The van der Waals surface area contributed by atoms with Gasteiger partial charge in [0.1, 0.15) is 6.04 Å². The molecule has 0 radical (unpaired) electrons. The number of nitrogens with zero attached hydrogens (tertiary/aromatic N) is 1. The Balaban J connectivity index is 2.03. The smallest absolute Gasteiger partial charge is 0.320 e. The summed E-state index contributed by atoms with van der Waals surface area (Å²) in [6, 6.07) is 6.88. The molecule has 4 heteroatoms. The number of ketones is 1. The molecule has 0 aliphatic carbocycles. The molecule has 0 bridgehead atoms. The third-order valence-electron chi connectivity index (χ3n) is 3.37. The molecule has 1 fully saturated rings. The van der Waals surface area contributed by atoms with Gasteiger partial charge in [0.05, 0.1) is 6.54 Å². The van der Waals surface area contributed by atoms with E-state index < -0.39 is 12.0 Å². The Hall–Kier alpha value is -1.68. The summed E-state index contributed by atoms with van der Waals surface area (Å²) in [4.78, 5) is 24.8. The van der Waals surface area contributed by atoms with Crippen LogP contribution in [0.5, 0.6) is 0 Å². The Morgan fingerprint density at radius 1 is 1.33 bits per heavy atom. The molecule has 18 heavy (non-hydrogen) atoms. The summed E-state index contributed by atoms with van der Waals surface area (Å²) in [6.45, 7) is 2.85. The maximum absolute atomic E-state index is 12.0. The zero-order valence-corrected chi connectivity index (χ0v) is 10.4. The number of rotatable bonds is 4. The van der Waals surface area contributed by atoms with Gasteiger partial charge in [-0.15, -0.1) is 0 Å². The molecule has 4 nitrogen and oxygen atoms in total. The van der Waals surface area contributed by atoms with E-state index in [1.165, 1.54) is 0 Å². The van der Waals surface area contributed by atoms with Crippen molar-refractivity contribution in [1.82, 2.24) is 4.90 Å². The molecule has 96 valence electrons. The minimum absolute atomic E-state index is 0.0110. The molecule has 0 amide bonds. The first-order valence-corrected chi connectivity index (χ1v) is 6.14. The van der Waals surface area contributed by atoms with E-state index in [0.717, 1.165) is 12.0 Å². The number of aliphatic carboxylic acids is 1. The van der Waals surface area contributed by atoms with Crippen molar-refractivity contribution in [1.29, 1.82) is 0 Å². The first-order chi connectivity index (χ1) is 8.58. The van der Waals surface area contributed by atoms with Crippen molar-refractivity contribution in [2.75, 3.05) is 13.1 Å². The van der Waals surface area contributed by atoms with Gasteiger partial charge in [0.2, 0.25) is 0 Å². The van der Waals surface area contributed by atoms with Gasteiger partial charge in [-0.25, -0.2) is 0 Å². The second-order valence-corrected chi connectivity index (χ2v) is 4.76. The number of Topliss-reactive ketones (excluding diaryl/α,β-unsaturated/α-hetero) is 1. The van der Waals surface area contributed by atoms with E-state index in [1.54, 1.807) is 17.0 Å². The first-order valence-electron chi connectivity index (χ1n) is 6.14. The van der Waals surface area contributed by atoms with Crippen molar-refractivity contribution in [2.24, 2.45) is 0 Å². The van der Waals surface area contributed by atoms with Crippen LogP contribution in [0.25, 0.3) is 0 Å². The van der Waals surface area contributed by atoms with Crippen molar-refractivity contribution < 1.29 is 14.7 Å². The van der Waals surface area contributed by atoms with Crippen LogP contribution >= 0.6 is 0 Å². The number of carbonyl (C=O) groups excluding carboxylic acids is 1. The summed E-state index contributed by atoms with van der Waals surface area (Å²) in [5.74, 6) is -0.840. The molecule has 1 aliphatic heterocycles. The zero-order chi connectivity index (χ0) is 13.1. The summed E-state index contributed by atoms with van der Waals surface area (Å²) >= 11 is 0. The maximum Gasteiger partial charge on any atom is 0.320 e. The van der Waals surface area contributed by atoms with Crippen LogP contribution in [0, 0.1) is 6.92 Å². The Morgan fingerprint density at radius 2 is 2.00 bits per heavy atom. The third kappa shape index (κ3) is 2.76. The number of carboxylic acids is 1. The molecule has 1 aromatic carbocycles. The fourth-order valence-corrected chi connectivity index (χ4v) is 2.31. The molecule has 1 atom stereocenters. The van der Waals surface area contributed by atoms with E-state index in [0.29, 0.717) is 18.5 Å². The Kier molecular flexibility index (Phi) is 3.77. The van der Waals surface area contributed by atoms with Crippen LogP contribution in [0.3, 0.4) is 0 Å². The molecule has 1 heterocycles. The van der Waals surface area contributed by atoms with Crippen molar-refractivity contribution in [3.8, 4) is 0 Å². The Morgan fingerprint density at radius 3 is 2.61 bits per heavy atom. The summed E-state index contributed by atoms with van der Waals surface area (Å²) in [5, 5.41) is 9.05. The molecule has 1 N–H and O–H groups in total. The van der Waals surface area contributed by atoms with Crippen LogP contribution in [0.1, 0.15) is 28.8 Å². The lowest BCUT2D eigenvalue weighted by molar-refractivity contribution is -0.141. The standard InChI is InChI=1S/C14H17NO3/c1-10-4-6-11(7-5-10)13(16)9-15-8-2-3-12(15)14(17)18/h4-7,12H,2-3,8-9H2,1H3,(H,17,18). The van der Waals surface area contributed by atoms with Crippen molar-refractivity contribution >= 4 is 11.8 Å². The van der Waals surface area contributed by atoms with E-state index in [1.807, 2.05) is 19.1 Å². The Bertz CT molecular complexity index is 453. The number of hydrogen-bond acceptors (Lipinski definition) is 3. The van der Waals surface area contributed by atoms with Gasteiger partial charge < -0.3 is 5.11 Å². The van der Waals surface area contributed by atoms with Gasteiger partial charge in [0.25, 0.3) is 0 Å². The average molecular weight is 247 g/mol. The highest BCUT2D eigenvalue weighted by atomic mass is 16.4. The van der Waals surface area contributed by atoms with E-state index >= 15 is 0 Å². The number of carboxylic acid groups (broad SMARTS) is 1. The summed E-state index contributed by atoms with van der Waals surface area (Å²) in [7, 11) is 0. The molecule has 0 spiro atoms. The van der Waals surface area contributed by atoms with E-state index in [4.69, 9.17) is 5.11 Å². The van der Waals surface area contributed by atoms with Crippen molar-refractivity contribution in [3.63, 3.8) is 0 Å². The van der Waals surface area contributed by atoms with Gasteiger partial charge in [-0.1, -0.05) is 29.8 Å². The predicted molar refractivity (Wildman–Crippen MR) is 67.7 cm³/mol. The fraction of sp³-hybridized carbons (Fsp3) is 0.429. The Labute approximate surface area is 106 Å². The minimum atomic E-state index is -0.829. The number of likely N-dealkylation sites (tertiary alicyclic amines) is 1. The predicted octanol–water partition coefficient (Wildman–Crippen LogP) is 1.73. The van der Waals surface area contributed by atoms with Gasteiger partial charge in [0.15, 0.2) is 5.78 Å². The lowest BCUT2D eigenvalue weighted by Gasteiger charge is -2.19. The van der Waals surface area contributed by atoms with Crippen LogP contribution in [0.15, 0.2) is 24.3 Å². The molecule has 1 saturated heterocycles. The highest BCUT2D eigenvalue weighted by Crippen LogP contribution is 2.18. The number of aryl methyl sites for hydroxylation is 1. The second kappa shape index (κ2) is 5.31. The quantitative estimate of drug-likeness (QED) is 0.823. The normalized spacial score (nSPS) is 19.9. The highest BCUT2D eigenvalue weighted by molar-refractivity contribution is 5.97. The topological polar surface area (TPSA) is 57.6 Å². The maximum atomic E-state index is 12.0. The van der Waals surface area contributed by atoms with Gasteiger partial charge in [-0.3, -0.25) is 14.5 Å². The van der Waals surface area contributed by atoms with E-state index in [2.05, 4.69) is 0 Å². The van der Waals surface area contributed by atoms with Crippen LogP contribution in [-0.2, 0) is 4.79 Å². The summed E-state index contributed by atoms with van der Waals surface area (Å²) in [6.07, 6.45) is 1.48. The van der Waals surface area contributed by atoms with Gasteiger partial charge in [-0.05, 0) is 26.3 Å². The first kappa shape index (κ1) is 12.8. The lowest BCUT2D eigenvalue weighted by atomic mass is 10.1. The summed E-state index contributed by atoms with van der Waals surface area (Å²) < 4.78 is 0. The second-order valence-electron chi connectivity index (χ2n) is 4.76. The molecule has 1 aliphatic rings. The van der Waals surface area contributed by atoms with Gasteiger partial charge >= 0.3 is 5.97 Å². The number of benzene rings is 1. The highest BCUT2D eigenvalue weighted by Gasteiger charge is 2.31. The SMILES string of the molecule is Cc1ccc(C(=O)CN2CCCC2C(=O)O)cc1. The minimum Gasteiger partial charge on any atom is -0.480 e. The third-order valence-corrected chi connectivity index (χ3v) is 3.37. The van der Waals surface area contributed by atoms with Crippen molar-refractivity contribution in [3.05, 3.63) is 35.4 Å².